The van der Waals surface area contributed by atoms with E-state index in [0.717, 1.165) is 11.4 Å². The Morgan fingerprint density at radius 1 is 1.27 bits per heavy atom. The number of hydrogen-bond donors (Lipinski definition) is 0. The lowest BCUT2D eigenvalue weighted by molar-refractivity contribution is 1.12. The summed E-state index contributed by atoms with van der Waals surface area (Å²) in [6, 6.07) is 6.44. The van der Waals surface area contributed by atoms with Gasteiger partial charge in [-0.15, -0.1) is 0 Å². The third-order valence-corrected chi connectivity index (χ3v) is 3.35. The number of nitrogens with zero attached hydrogens (tertiary/aromatic N) is 2. The zero-order chi connectivity index (χ0) is 10.8. The lowest BCUT2D eigenvalue weighted by Gasteiger charge is -2.02. The molecule has 2 aromatic rings. The molecule has 0 radical (unpaired) electrons. The largest absolute Gasteiger partial charge is 0.234 e. The highest BCUT2D eigenvalue weighted by molar-refractivity contribution is 7.05. The molecule has 1 aromatic carbocycles. The van der Waals surface area contributed by atoms with Crippen LogP contribution in [-0.4, -0.2) is 9.36 Å². The fourth-order valence-corrected chi connectivity index (χ4v) is 2.23. The smallest absolute Gasteiger partial charge is 0.209 e. The topological polar surface area (TPSA) is 25.8 Å². The van der Waals surface area contributed by atoms with Crippen LogP contribution in [0.1, 0.15) is 21.7 Å². The Hall–Kier alpha value is -0.930. The summed E-state index contributed by atoms with van der Waals surface area (Å²) in [6.45, 7) is 4.23. The molecule has 0 amide bonds. The zero-order valence-corrected chi connectivity index (χ0v) is 10.2. The Bertz CT molecular complexity index is 479. The van der Waals surface area contributed by atoms with E-state index in [1.165, 1.54) is 28.2 Å². The molecule has 78 valence electrons. The second kappa shape index (κ2) is 4.29. The molecule has 0 fully saturated rings. The van der Waals surface area contributed by atoms with E-state index in [-0.39, 0.29) is 0 Å². The van der Waals surface area contributed by atoms with Gasteiger partial charge in [0, 0.05) is 6.42 Å². The van der Waals surface area contributed by atoms with Gasteiger partial charge in [-0.1, -0.05) is 18.2 Å². The molecular weight excluding hydrogens is 228 g/mol. The number of rotatable bonds is 2. The minimum absolute atomic E-state index is 0.346. The van der Waals surface area contributed by atoms with E-state index in [1.807, 2.05) is 0 Å². The van der Waals surface area contributed by atoms with Crippen molar-refractivity contribution in [2.45, 2.75) is 20.3 Å². The van der Waals surface area contributed by atoms with Gasteiger partial charge >= 0.3 is 0 Å². The standard InChI is InChI=1S/C11H11ClN2S/c1-7-3-4-9(5-8(7)2)6-10-13-11(12)14-15-10/h3-5H,6H2,1-2H3. The second-order valence-corrected chi connectivity index (χ2v) is 4.73. The van der Waals surface area contributed by atoms with E-state index in [1.54, 1.807) is 0 Å². The van der Waals surface area contributed by atoms with E-state index < -0.39 is 0 Å². The molecule has 0 atom stereocenters. The van der Waals surface area contributed by atoms with Gasteiger partial charge in [-0.2, -0.15) is 4.37 Å². The van der Waals surface area contributed by atoms with Crippen LogP contribution in [0.5, 0.6) is 0 Å². The molecule has 1 heterocycles. The average molecular weight is 239 g/mol. The number of aryl methyl sites for hydroxylation is 2. The van der Waals surface area contributed by atoms with Crippen molar-refractivity contribution in [3.05, 3.63) is 45.2 Å². The van der Waals surface area contributed by atoms with Crippen molar-refractivity contribution in [2.24, 2.45) is 0 Å². The molecule has 4 heteroatoms. The molecule has 0 N–H and O–H groups in total. The number of halogens is 1. The van der Waals surface area contributed by atoms with Crippen LogP contribution in [0.15, 0.2) is 18.2 Å². The molecule has 0 unspecified atom stereocenters. The summed E-state index contributed by atoms with van der Waals surface area (Å²) in [5, 5.41) is 1.31. The van der Waals surface area contributed by atoms with Crippen molar-refractivity contribution in [2.75, 3.05) is 0 Å². The Kier molecular flexibility index (Phi) is 3.03. The molecule has 0 saturated heterocycles. The normalized spacial score (nSPS) is 10.6. The van der Waals surface area contributed by atoms with E-state index in [2.05, 4.69) is 41.4 Å². The van der Waals surface area contributed by atoms with Crippen molar-refractivity contribution < 1.29 is 0 Å². The van der Waals surface area contributed by atoms with Crippen molar-refractivity contribution in [1.29, 1.82) is 0 Å². The lowest BCUT2D eigenvalue weighted by Crippen LogP contribution is -1.89. The number of hydrogen-bond acceptors (Lipinski definition) is 3. The molecule has 15 heavy (non-hydrogen) atoms. The van der Waals surface area contributed by atoms with Crippen LogP contribution in [0.4, 0.5) is 0 Å². The van der Waals surface area contributed by atoms with Gasteiger partial charge in [0.2, 0.25) is 5.28 Å². The van der Waals surface area contributed by atoms with Crippen molar-refractivity contribution in [3.63, 3.8) is 0 Å². The lowest BCUT2D eigenvalue weighted by atomic mass is 10.0. The minimum Gasteiger partial charge on any atom is -0.209 e. The highest BCUT2D eigenvalue weighted by Crippen LogP contribution is 2.16. The van der Waals surface area contributed by atoms with Gasteiger partial charge in [0.15, 0.2) is 0 Å². The Morgan fingerprint density at radius 3 is 2.67 bits per heavy atom. The minimum atomic E-state index is 0.346. The second-order valence-electron chi connectivity index (χ2n) is 3.55. The first-order chi connectivity index (χ1) is 7.15. The highest BCUT2D eigenvalue weighted by Gasteiger charge is 2.03. The monoisotopic (exact) mass is 238 g/mol. The fraction of sp³-hybridized carbons (Fsp3) is 0.273. The quantitative estimate of drug-likeness (QED) is 0.802. The Morgan fingerprint density at radius 2 is 2.07 bits per heavy atom. The molecule has 0 aliphatic rings. The van der Waals surface area contributed by atoms with Crippen LogP contribution < -0.4 is 0 Å². The molecule has 2 rings (SSSR count). The van der Waals surface area contributed by atoms with E-state index in [0.29, 0.717) is 5.28 Å². The van der Waals surface area contributed by atoms with Crippen LogP contribution in [0.2, 0.25) is 5.28 Å². The van der Waals surface area contributed by atoms with Crippen molar-refractivity contribution >= 4 is 23.1 Å². The summed E-state index contributed by atoms with van der Waals surface area (Å²) in [7, 11) is 0. The molecule has 0 spiro atoms. The first kappa shape index (κ1) is 10.6. The first-order valence-electron chi connectivity index (χ1n) is 4.69. The summed E-state index contributed by atoms with van der Waals surface area (Å²) in [5.41, 5.74) is 3.88. The van der Waals surface area contributed by atoms with Crippen LogP contribution in [0.3, 0.4) is 0 Å². The summed E-state index contributed by atoms with van der Waals surface area (Å²) in [5.74, 6) is 0. The Labute approximate surface area is 98.1 Å². The molecule has 1 aromatic heterocycles. The van der Waals surface area contributed by atoms with Crippen LogP contribution in [0, 0.1) is 13.8 Å². The van der Waals surface area contributed by atoms with Gasteiger partial charge in [-0.25, -0.2) is 4.98 Å². The summed E-state index contributed by atoms with van der Waals surface area (Å²) < 4.78 is 3.95. The molecule has 0 bridgehead atoms. The maximum atomic E-state index is 5.67. The molecule has 0 saturated carbocycles. The van der Waals surface area contributed by atoms with Crippen LogP contribution in [0.25, 0.3) is 0 Å². The molecular formula is C11H11ClN2S. The summed E-state index contributed by atoms with van der Waals surface area (Å²) in [6.07, 6.45) is 0.811. The van der Waals surface area contributed by atoms with Gasteiger partial charge in [-0.05, 0) is 53.7 Å². The Balaban J connectivity index is 2.21. The average Bonchev–Trinajstić information content (AvgIpc) is 2.58. The van der Waals surface area contributed by atoms with Crippen LogP contribution in [-0.2, 0) is 6.42 Å². The van der Waals surface area contributed by atoms with E-state index >= 15 is 0 Å². The fourth-order valence-electron chi connectivity index (χ4n) is 1.39. The van der Waals surface area contributed by atoms with Gasteiger partial charge in [0.05, 0.1) is 0 Å². The highest BCUT2D eigenvalue weighted by atomic mass is 35.5. The number of benzene rings is 1. The third kappa shape index (κ3) is 2.55. The SMILES string of the molecule is Cc1ccc(Cc2nc(Cl)ns2)cc1C. The van der Waals surface area contributed by atoms with Gasteiger partial charge < -0.3 is 0 Å². The van der Waals surface area contributed by atoms with Crippen LogP contribution >= 0.6 is 23.1 Å². The maximum absolute atomic E-state index is 5.67. The van der Waals surface area contributed by atoms with Crippen molar-refractivity contribution in [3.8, 4) is 0 Å². The first-order valence-corrected chi connectivity index (χ1v) is 5.84. The molecule has 0 aliphatic carbocycles. The maximum Gasteiger partial charge on any atom is 0.234 e. The summed E-state index contributed by atoms with van der Waals surface area (Å²) >= 11 is 7.03. The predicted molar refractivity (Wildman–Crippen MR) is 63.6 cm³/mol. The third-order valence-electron chi connectivity index (χ3n) is 2.37. The van der Waals surface area contributed by atoms with Gasteiger partial charge in [0.25, 0.3) is 0 Å². The van der Waals surface area contributed by atoms with E-state index in [9.17, 15) is 0 Å². The number of aromatic nitrogens is 2. The summed E-state index contributed by atoms with van der Waals surface area (Å²) in [4.78, 5) is 4.13. The van der Waals surface area contributed by atoms with E-state index in [4.69, 9.17) is 11.6 Å². The molecule has 2 nitrogen and oxygen atoms in total. The van der Waals surface area contributed by atoms with Crippen molar-refractivity contribution in [1.82, 2.24) is 9.36 Å². The van der Waals surface area contributed by atoms with Gasteiger partial charge in [-0.3, -0.25) is 0 Å². The predicted octanol–water partition coefficient (Wildman–Crippen LogP) is 3.40. The zero-order valence-electron chi connectivity index (χ0n) is 8.62. The van der Waals surface area contributed by atoms with Gasteiger partial charge in [0.1, 0.15) is 5.01 Å². The molecule has 0 aliphatic heterocycles.